The predicted molar refractivity (Wildman–Crippen MR) is 51.2 cm³/mol. The van der Waals surface area contributed by atoms with Crippen molar-refractivity contribution in [1.29, 1.82) is 0 Å². The van der Waals surface area contributed by atoms with Crippen LogP contribution in [0.5, 0.6) is 0 Å². The first kappa shape index (κ1) is 9.93. The Morgan fingerprint density at radius 3 is 2.57 bits per heavy atom. The zero-order chi connectivity index (χ0) is 10.1. The minimum Gasteiger partial charge on any atom is -0.481 e. The number of hydrogen-bond acceptors (Lipinski definition) is 3. The maximum atomic E-state index is 10.6. The van der Waals surface area contributed by atoms with Crippen LogP contribution in [0.2, 0.25) is 0 Å². The summed E-state index contributed by atoms with van der Waals surface area (Å²) in [5.41, 5.74) is 0. The van der Waals surface area contributed by atoms with Gasteiger partial charge in [-0.15, -0.1) is 0 Å². The molecule has 3 unspecified atom stereocenters. The molecule has 0 saturated carbocycles. The van der Waals surface area contributed by atoms with E-state index in [1.165, 1.54) is 0 Å². The zero-order valence-electron chi connectivity index (χ0n) is 8.48. The number of carboxylic acid groups (broad SMARTS) is 1. The van der Waals surface area contributed by atoms with Crippen molar-refractivity contribution < 1.29 is 14.6 Å². The van der Waals surface area contributed by atoms with E-state index >= 15 is 0 Å². The molecule has 2 rings (SSSR count). The van der Waals surface area contributed by atoms with Crippen LogP contribution in [0.4, 0.5) is 0 Å². The van der Waals surface area contributed by atoms with Gasteiger partial charge in [-0.1, -0.05) is 0 Å². The highest BCUT2D eigenvalue weighted by molar-refractivity contribution is 5.67. The Labute approximate surface area is 83.8 Å². The predicted octanol–water partition coefficient (Wildman–Crippen LogP) is 0.713. The van der Waals surface area contributed by atoms with Gasteiger partial charge in [-0.3, -0.25) is 9.69 Å². The number of carbonyl (C=O) groups is 1. The fraction of sp³-hybridized carbons (Fsp3) is 0.900. The molecule has 0 aromatic carbocycles. The number of rotatable bonds is 3. The summed E-state index contributed by atoms with van der Waals surface area (Å²) in [5.74, 6) is -0.712. The molecule has 14 heavy (non-hydrogen) atoms. The SMILES string of the molecule is CC(CC(=O)O)N1CC2CCC(C1)O2. The van der Waals surface area contributed by atoms with Gasteiger partial charge in [0.25, 0.3) is 0 Å². The largest absolute Gasteiger partial charge is 0.481 e. The zero-order valence-corrected chi connectivity index (χ0v) is 8.48. The monoisotopic (exact) mass is 199 g/mol. The summed E-state index contributed by atoms with van der Waals surface area (Å²) in [4.78, 5) is 12.8. The number of morpholine rings is 1. The molecular weight excluding hydrogens is 182 g/mol. The Morgan fingerprint density at radius 2 is 2.07 bits per heavy atom. The second-order valence-electron chi connectivity index (χ2n) is 4.36. The van der Waals surface area contributed by atoms with E-state index in [1.54, 1.807) is 0 Å². The summed E-state index contributed by atoms with van der Waals surface area (Å²) in [5, 5.41) is 8.70. The lowest BCUT2D eigenvalue weighted by atomic mass is 10.1. The van der Waals surface area contributed by atoms with Crippen LogP contribution in [-0.2, 0) is 9.53 Å². The van der Waals surface area contributed by atoms with Crippen LogP contribution in [0.1, 0.15) is 26.2 Å². The molecule has 0 radical (unpaired) electrons. The van der Waals surface area contributed by atoms with E-state index in [1.807, 2.05) is 6.92 Å². The number of aliphatic carboxylic acids is 1. The van der Waals surface area contributed by atoms with Gasteiger partial charge in [-0.2, -0.15) is 0 Å². The van der Waals surface area contributed by atoms with Gasteiger partial charge >= 0.3 is 5.97 Å². The van der Waals surface area contributed by atoms with Crippen LogP contribution >= 0.6 is 0 Å². The van der Waals surface area contributed by atoms with Gasteiger partial charge in [-0.05, 0) is 19.8 Å². The van der Waals surface area contributed by atoms with E-state index < -0.39 is 5.97 Å². The van der Waals surface area contributed by atoms with Crippen molar-refractivity contribution in [2.24, 2.45) is 0 Å². The van der Waals surface area contributed by atoms with Crippen LogP contribution in [0.25, 0.3) is 0 Å². The number of likely N-dealkylation sites (tertiary alicyclic amines) is 1. The van der Waals surface area contributed by atoms with Crippen LogP contribution in [0, 0.1) is 0 Å². The van der Waals surface area contributed by atoms with Gasteiger partial charge < -0.3 is 9.84 Å². The van der Waals surface area contributed by atoms with Crippen LogP contribution in [-0.4, -0.2) is 47.3 Å². The first-order chi connectivity index (χ1) is 6.65. The van der Waals surface area contributed by atoms with Gasteiger partial charge in [0.1, 0.15) is 0 Å². The summed E-state index contributed by atoms with van der Waals surface area (Å²) in [6.45, 7) is 3.80. The van der Waals surface area contributed by atoms with Crippen molar-refractivity contribution in [1.82, 2.24) is 4.90 Å². The van der Waals surface area contributed by atoms with Crippen LogP contribution in [0.15, 0.2) is 0 Å². The summed E-state index contributed by atoms with van der Waals surface area (Å²) < 4.78 is 5.69. The molecule has 2 heterocycles. The van der Waals surface area contributed by atoms with Crippen LogP contribution < -0.4 is 0 Å². The Kier molecular flexibility index (Phi) is 2.74. The number of hydrogen-bond donors (Lipinski definition) is 1. The molecule has 0 amide bonds. The quantitative estimate of drug-likeness (QED) is 0.727. The molecule has 0 aromatic rings. The molecule has 80 valence electrons. The summed E-state index contributed by atoms with van der Waals surface area (Å²) >= 11 is 0. The second-order valence-corrected chi connectivity index (χ2v) is 4.36. The van der Waals surface area contributed by atoms with Crippen molar-refractivity contribution in [3.05, 3.63) is 0 Å². The molecule has 0 aliphatic carbocycles. The summed E-state index contributed by atoms with van der Waals surface area (Å²) in [7, 11) is 0. The highest BCUT2D eigenvalue weighted by atomic mass is 16.5. The van der Waals surface area contributed by atoms with Gasteiger partial charge in [0.2, 0.25) is 0 Å². The fourth-order valence-electron chi connectivity index (χ4n) is 2.39. The molecular formula is C10H17NO3. The van der Waals surface area contributed by atoms with Crippen molar-refractivity contribution >= 4 is 5.97 Å². The summed E-state index contributed by atoms with van der Waals surface area (Å²) in [6, 6.07) is 0.138. The van der Waals surface area contributed by atoms with Crippen LogP contribution in [0.3, 0.4) is 0 Å². The van der Waals surface area contributed by atoms with Gasteiger partial charge in [-0.25, -0.2) is 0 Å². The third-order valence-electron chi connectivity index (χ3n) is 3.17. The maximum Gasteiger partial charge on any atom is 0.304 e. The number of fused-ring (bicyclic) bond motifs is 2. The van der Waals surface area contributed by atoms with Crippen molar-refractivity contribution in [3.63, 3.8) is 0 Å². The molecule has 2 bridgehead atoms. The topological polar surface area (TPSA) is 49.8 Å². The van der Waals surface area contributed by atoms with Gasteiger partial charge in [0, 0.05) is 19.1 Å². The highest BCUT2D eigenvalue weighted by Gasteiger charge is 2.35. The molecule has 4 nitrogen and oxygen atoms in total. The minimum atomic E-state index is -0.712. The molecule has 4 heteroatoms. The van der Waals surface area contributed by atoms with E-state index in [0.29, 0.717) is 12.2 Å². The van der Waals surface area contributed by atoms with E-state index in [-0.39, 0.29) is 12.5 Å². The first-order valence-corrected chi connectivity index (χ1v) is 5.26. The molecule has 2 aliphatic heterocycles. The lowest BCUT2D eigenvalue weighted by Gasteiger charge is -2.35. The Hall–Kier alpha value is -0.610. The molecule has 0 aromatic heterocycles. The van der Waals surface area contributed by atoms with Crippen molar-refractivity contribution in [2.45, 2.75) is 44.4 Å². The lowest BCUT2D eigenvalue weighted by Crippen LogP contribution is -2.47. The third kappa shape index (κ3) is 2.07. The molecule has 2 fully saturated rings. The first-order valence-electron chi connectivity index (χ1n) is 5.26. The number of nitrogens with zero attached hydrogens (tertiary/aromatic N) is 1. The molecule has 3 atom stereocenters. The smallest absolute Gasteiger partial charge is 0.304 e. The normalized spacial score (nSPS) is 34.4. The molecule has 2 saturated heterocycles. The van der Waals surface area contributed by atoms with E-state index in [0.717, 1.165) is 25.9 Å². The van der Waals surface area contributed by atoms with E-state index in [4.69, 9.17) is 9.84 Å². The fourth-order valence-corrected chi connectivity index (χ4v) is 2.39. The lowest BCUT2D eigenvalue weighted by molar-refractivity contribution is -0.139. The molecule has 0 spiro atoms. The Bertz CT molecular complexity index is 219. The van der Waals surface area contributed by atoms with E-state index in [2.05, 4.69) is 4.90 Å². The summed E-state index contributed by atoms with van der Waals surface area (Å²) in [6.07, 6.45) is 3.22. The third-order valence-corrected chi connectivity index (χ3v) is 3.17. The molecule has 1 N–H and O–H groups in total. The van der Waals surface area contributed by atoms with Gasteiger partial charge in [0.15, 0.2) is 0 Å². The highest BCUT2D eigenvalue weighted by Crippen LogP contribution is 2.27. The second kappa shape index (κ2) is 3.87. The molecule has 2 aliphatic rings. The Morgan fingerprint density at radius 1 is 1.50 bits per heavy atom. The average Bonchev–Trinajstić information content (AvgIpc) is 2.44. The van der Waals surface area contributed by atoms with Crippen molar-refractivity contribution in [3.8, 4) is 0 Å². The van der Waals surface area contributed by atoms with Crippen molar-refractivity contribution in [2.75, 3.05) is 13.1 Å². The average molecular weight is 199 g/mol. The Balaban J connectivity index is 1.89. The minimum absolute atomic E-state index is 0.138. The standard InChI is InChI=1S/C10H17NO3/c1-7(4-10(12)13)11-5-8-2-3-9(6-11)14-8/h7-9H,2-6H2,1H3,(H,12,13). The number of ether oxygens (including phenoxy) is 1. The van der Waals surface area contributed by atoms with Gasteiger partial charge in [0.05, 0.1) is 18.6 Å². The van der Waals surface area contributed by atoms with E-state index in [9.17, 15) is 4.79 Å². The number of carboxylic acids is 1. The maximum absolute atomic E-state index is 10.6.